The molecule has 114 valence electrons. The van der Waals surface area contributed by atoms with Crippen LogP contribution in [0.1, 0.15) is 5.56 Å². The number of fused-ring (bicyclic) bond motifs is 6. The van der Waals surface area contributed by atoms with E-state index in [0.29, 0.717) is 16.8 Å². The molecule has 0 saturated carbocycles. The van der Waals surface area contributed by atoms with Crippen molar-refractivity contribution in [1.29, 1.82) is 0 Å². The minimum absolute atomic E-state index is 0.475. The number of nitrogens with zero attached hydrogens (tertiary/aromatic N) is 2. The zero-order chi connectivity index (χ0) is 15.6. The third-order valence-electron chi connectivity index (χ3n) is 3.55. The average Bonchev–Trinajstić information content (AvgIpc) is 2.57. The fourth-order valence-corrected chi connectivity index (χ4v) is 2.59. The van der Waals surface area contributed by atoms with E-state index in [1.165, 1.54) is 0 Å². The summed E-state index contributed by atoms with van der Waals surface area (Å²) in [6.07, 6.45) is 1.59. The Morgan fingerprint density at radius 2 is 1.70 bits per heavy atom. The summed E-state index contributed by atoms with van der Waals surface area (Å²) in [4.78, 5) is 8.69. The van der Waals surface area contributed by atoms with Gasteiger partial charge in [-0.1, -0.05) is 29.8 Å². The van der Waals surface area contributed by atoms with Crippen molar-refractivity contribution in [3.63, 3.8) is 0 Å². The maximum absolute atomic E-state index is 6.21. The summed E-state index contributed by atoms with van der Waals surface area (Å²) in [5, 5.41) is 10.3. The van der Waals surface area contributed by atoms with Crippen molar-refractivity contribution in [2.24, 2.45) is 0 Å². The molecule has 2 heterocycles. The minimum Gasteiger partial charge on any atom is -0.381 e. The summed E-state index contributed by atoms with van der Waals surface area (Å²) in [7, 11) is 0. The highest BCUT2D eigenvalue weighted by Gasteiger charge is 2.08. The van der Waals surface area contributed by atoms with E-state index in [-0.39, 0.29) is 0 Å². The Hall–Kier alpha value is -2.79. The molecule has 0 saturated heterocycles. The van der Waals surface area contributed by atoms with Crippen LogP contribution in [0.15, 0.2) is 54.7 Å². The van der Waals surface area contributed by atoms with Gasteiger partial charge in [-0.25, -0.2) is 4.98 Å². The van der Waals surface area contributed by atoms with Crippen molar-refractivity contribution in [1.82, 2.24) is 9.97 Å². The lowest BCUT2D eigenvalue weighted by molar-refractivity contribution is 1.15. The molecule has 1 aliphatic heterocycles. The second kappa shape index (κ2) is 5.78. The second-order valence-electron chi connectivity index (χ2n) is 5.27. The fraction of sp³-hybridized carbons (Fsp3) is 0.0588. The molecule has 3 aromatic rings. The average molecular weight is 324 g/mol. The third-order valence-corrected chi connectivity index (χ3v) is 3.83. The molecular weight excluding hydrogens is 310 g/mol. The van der Waals surface area contributed by atoms with Crippen molar-refractivity contribution in [2.45, 2.75) is 6.54 Å². The molecule has 0 aliphatic carbocycles. The zero-order valence-corrected chi connectivity index (χ0v) is 12.9. The van der Waals surface area contributed by atoms with Gasteiger partial charge in [-0.15, -0.1) is 0 Å². The maximum Gasteiger partial charge on any atom is 0.229 e. The zero-order valence-electron chi connectivity index (χ0n) is 12.2. The Labute approximate surface area is 138 Å². The van der Waals surface area contributed by atoms with E-state index in [1.807, 2.05) is 36.4 Å². The van der Waals surface area contributed by atoms with Gasteiger partial charge in [-0.3, -0.25) is 0 Å². The molecule has 5 nitrogen and oxygen atoms in total. The molecule has 0 radical (unpaired) electrons. The van der Waals surface area contributed by atoms with E-state index in [1.54, 1.807) is 6.20 Å². The molecule has 1 aliphatic rings. The Kier molecular flexibility index (Phi) is 3.48. The molecule has 23 heavy (non-hydrogen) atoms. The van der Waals surface area contributed by atoms with Gasteiger partial charge in [0.25, 0.3) is 0 Å². The van der Waals surface area contributed by atoms with Crippen LogP contribution in [0, 0.1) is 0 Å². The summed E-state index contributed by atoms with van der Waals surface area (Å²) < 4.78 is 0. The van der Waals surface area contributed by atoms with Gasteiger partial charge < -0.3 is 16.0 Å². The monoisotopic (exact) mass is 323 g/mol. The number of anilines is 5. The quantitative estimate of drug-likeness (QED) is 0.567. The van der Waals surface area contributed by atoms with Crippen LogP contribution >= 0.6 is 11.6 Å². The van der Waals surface area contributed by atoms with E-state index >= 15 is 0 Å². The summed E-state index contributed by atoms with van der Waals surface area (Å²) in [6.45, 7) is 0.732. The van der Waals surface area contributed by atoms with Gasteiger partial charge in [-0.2, -0.15) is 4.98 Å². The minimum atomic E-state index is 0.475. The van der Waals surface area contributed by atoms with Crippen molar-refractivity contribution in [3.8, 4) is 0 Å². The van der Waals surface area contributed by atoms with Crippen LogP contribution in [0.25, 0.3) is 0 Å². The van der Waals surface area contributed by atoms with Crippen molar-refractivity contribution in [2.75, 3.05) is 16.0 Å². The second-order valence-corrected chi connectivity index (χ2v) is 5.68. The van der Waals surface area contributed by atoms with Crippen molar-refractivity contribution < 1.29 is 0 Å². The molecule has 0 spiro atoms. The Balaban J connectivity index is 1.83. The lowest BCUT2D eigenvalue weighted by Gasteiger charge is -2.10. The van der Waals surface area contributed by atoms with Crippen LogP contribution in [-0.4, -0.2) is 9.97 Å². The molecule has 1 aromatic heterocycles. The highest BCUT2D eigenvalue weighted by atomic mass is 35.5. The number of nitrogens with one attached hydrogen (secondary N) is 3. The van der Waals surface area contributed by atoms with E-state index in [2.05, 4.69) is 38.1 Å². The number of hydrogen-bond acceptors (Lipinski definition) is 5. The molecule has 3 N–H and O–H groups in total. The van der Waals surface area contributed by atoms with Gasteiger partial charge in [0.1, 0.15) is 5.02 Å². The number of benzene rings is 2. The summed E-state index contributed by atoms with van der Waals surface area (Å²) >= 11 is 6.21. The Morgan fingerprint density at radius 1 is 0.913 bits per heavy atom. The van der Waals surface area contributed by atoms with Crippen LogP contribution in [0.2, 0.25) is 5.02 Å². The normalized spacial score (nSPS) is 12.6. The SMILES string of the molecule is Clc1cnc2nc1Nc1cccc(c1)CNc1cccc(c1)N2. The smallest absolute Gasteiger partial charge is 0.229 e. The first-order valence-electron chi connectivity index (χ1n) is 7.26. The van der Waals surface area contributed by atoms with Gasteiger partial charge in [0.15, 0.2) is 5.82 Å². The predicted octanol–water partition coefficient (Wildman–Crippen LogP) is 4.54. The van der Waals surface area contributed by atoms with Crippen molar-refractivity contribution >= 4 is 40.4 Å². The molecule has 6 bridgehead atoms. The Bertz CT molecular complexity index is 865. The van der Waals surface area contributed by atoms with Crippen molar-refractivity contribution in [3.05, 3.63) is 65.3 Å². The number of hydrogen-bond donors (Lipinski definition) is 3. The lowest BCUT2D eigenvalue weighted by Crippen LogP contribution is -2.01. The van der Waals surface area contributed by atoms with E-state index in [0.717, 1.165) is 29.2 Å². The van der Waals surface area contributed by atoms with Crippen LogP contribution in [0.3, 0.4) is 0 Å². The first kappa shape index (κ1) is 13.8. The highest BCUT2D eigenvalue weighted by Crippen LogP contribution is 2.26. The van der Waals surface area contributed by atoms with E-state index in [4.69, 9.17) is 11.6 Å². The van der Waals surface area contributed by atoms with E-state index in [9.17, 15) is 0 Å². The van der Waals surface area contributed by atoms with E-state index < -0.39 is 0 Å². The van der Waals surface area contributed by atoms with Gasteiger partial charge in [0, 0.05) is 23.6 Å². The summed E-state index contributed by atoms with van der Waals surface area (Å²) in [5.41, 5.74) is 4.04. The van der Waals surface area contributed by atoms with Gasteiger partial charge in [0.05, 0.1) is 6.20 Å². The molecule has 0 atom stereocenters. The number of aromatic nitrogens is 2. The summed E-state index contributed by atoms with van der Waals surface area (Å²) in [6, 6.07) is 16.1. The molecule has 6 heteroatoms. The Morgan fingerprint density at radius 3 is 2.61 bits per heavy atom. The molecular formula is C17H14ClN5. The van der Waals surface area contributed by atoms with Crippen LogP contribution < -0.4 is 16.0 Å². The van der Waals surface area contributed by atoms with Crippen LogP contribution in [0.4, 0.5) is 28.8 Å². The largest absolute Gasteiger partial charge is 0.381 e. The standard InChI is InChI=1S/C17H14ClN5/c18-15-10-20-17-22-14-6-2-4-12(8-14)19-9-11-3-1-5-13(7-11)21-16(15)23-17/h1-8,10,19H,9H2,(H2,20,21,22,23). The number of rotatable bonds is 0. The molecule has 0 fully saturated rings. The fourth-order valence-electron chi connectivity index (χ4n) is 2.45. The van der Waals surface area contributed by atoms with Crippen LogP contribution in [0.5, 0.6) is 0 Å². The molecule has 0 amide bonds. The number of halogens is 1. The lowest BCUT2D eigenvalue weighted by atomic mass is 10.2. The maximum atomic E-state index is 6.21. The first-order valence-corrected chi connectivity index (χ1v) is 7.63. The summed E-state index contributed by atoms with van der Waals surface area (Å²) in [5.74, 6) is 1.06. The molecule has 2 aromatic carbocycles. The van der Waals surface area contributed by atoms with Gasteiger partial charge in [-0.05, 0) is 35.9 Å². The van der Waals surface area contributed by atoms with Crippen LogP contribution in [-0.2, 0) is 6.54 Å². The van der Waals surface area contributed by atoms with Gasteiger partial charge in [0.2, 0.25) is 5.95 Å². The highest BCUT2D eigenvalue weighted by molar-refractivity contribution is 6.32. The topological polar surface area (TPSA) is 61.9 Å². The first-order chi connectivity index (χ1) is 11.3. The third kappa shape index (κ3) is 3.05. The van der Waals surface area contributed by atoms with Gasteiger partial charge >= 0.3 is 0 Å². The molecule has 4 rings (SSSR count). The molecule has 0 unspecified atom stereocenters. The predicted molar refractivity (Wildman–Crippen MR) is 93.8 cm³/mol.